The molecule has 23 heavy (non-hydrogen) atoms. The van der Waals surface area contributed by atoms with E-state index in [9.17, 15) is 4.79 Å². The minimum absolute atomic E-state index is 0.159. The monoisotopic (exact) mass is 327 g/mol. The molecule has 0 saturated heterocycles. The van der Waals surface area contributed by atoms with E-state index in [4.69, 9.17) is 0 Å². The summed E-state index contributed by atoms with van der Waals surface area (Å²) in [6.45, 7) is 4.33. The van der Waals surface area contributed by atoms with Gasteiger partial charge in [0.2, 0.25) is 0 Å². The van der Waals surface area contributed by atoms with Crippen LogP contribution in [0.2, 0.25) is 0 Å². The lowest BCUT2D eigenvalue weighted by atomic mass is 10.1. The van der Waals surface area contributed by atoms with E-state index in [1.54, 1.807) is 29.3 Å². The molecule has 1 amide bonds. The van der Waals surface area contributed by atoms with Crippen molar-refractivity contribution in [2.45, 2.75) is 20.3 Å². The molecule has 0 aliphatic carbocycles. The van der Waals surface area contributed by atoms with E-state index in [0.717, 1.165) is 6.42 Å². The van der Waals surface area contributed by atoms with Crippen LogP contribution < -0.4 is 5.32 Å². The van der Waals surface area contributed by atoms with Crippen molar-refractivity contribution < 1.29 is 4.79 Å². The highest BCUT2D eigenvalue weighted by atomic mass is 32.1. The molecule has 3 aromatic heterocycles. The first-order chi connectivity index (χ1) is 11.1. The lowest BCUT2D eigenvalue weighted by molar-refractivity contribution is 0.103. The van der Waals surface area contributed by atoms with Gasteiger partial charge in [-0.2, -0.15) is 5.10 Å². The van der Waals surface area contributed by atoms with Crippen molar-refractivity contribution in [2.24, 2.45) is 5.92 Å². The Balaban J connectivity index is 1.80. The van der Waals surface area contributed by atoms with Crippen LogP contribution in [0.4, 0.5) is 5.69 Å². The maximum absolute atomic E-state index is 12.4. The molecule has 0 spiro atoms. The second-order valence-corrected chi connectivity index (χ2v) is 6.70. The Morgan fingerprint density at radius 3 is 3.00 bits per heavy atom. The average molecular weight is 327 g/mol. The van der Waals surface area contributed by atoms with Gasteiger partial charge in [-0.3, -0.25) is 4.79 Å². The van der Waals surface area contributed by atoms with Crippen LogP contribution >= 0.6 is 11.3 Å². The third kappa shape index (κ3) is 3.62. The van der Waals surface area contributed by atoms with Crippen molar-refractivity contribution in [3.05, 3.63) is 52.9 Å². The lowest BCUT2D eigenvalue weighted by Gasteiger charge is -2.08. The minimum Gasteiger partial charge on any atom is -0.317 e. The van der Waals surface area contributed by atoms with Gasteiger partial charge in [0.25, 0.3) is 5.91 Å². The van der Waals surface area contributed by atoms with Gasteiger partial charge in [-0.05, 0) is 30.5 Å². The van der Waals surface area contributed by atoms with Crippen molar-refractivity contribution in [2.75, 3.05) is 5.32 Å². The Kier molecular flexibility index (Phi) is 4.47. The number of amides is 1. The maximum Gasteiger partial charge on any atom is 0.265 e. The zero-order valence-corrected chi connectivity index (χ0v) is 13.7. The van der Waals surface area contributed by atoms with Gasteiger partial charge >= 0.3 is 0 Å². The van der Waals surface area contributed by atoms with Crippen LogP contribution in [0.15, 0.2) is 43.1 Å². The van der Waals surface area contributed by atoms with E-state index in [2.05, 4.69) is 34.2 Å². The number of hydrogen-bond donors (Lipinski definition) is 1. The van der Waals surface area contributed by atoms with Crippen molar-refractivity contribution in [3.63, 3.8) is 0 Å². The standard InChI is InChI=1S/C16H17N5OS/c1-11(2)8-12-4-5-14(23-12)16(22)20-13-9-17-10-18-15(13)21-7-3-6-19-21/h3-7,9-11H,8H2,1-2H3,(H,20,22). The second-order valence-electron chi connectivity index (χ2n) is 5.53. The van der Waals surface area contributed by atoms with Gasteiger partial charge in [0.05, 0.1) is 11.1 Å². The number of carbonyl (C=O) groups is 1. The number of carbonyl (C=O) groups excluding carboxylic acids is 1. The predicted octanol–water partition coefficient (Wildman–Crippen LogP) is 3.17. The largest absolute Gasteiger partial charge is 0.317 e. The molecule has 0 unspecified atom stereocenters. The van der Waals surface area contributed by atoms with E-state index in [0.29, 0.717) is 22.3 Å². The first-order valence-electron chi connectivity index (χ1n) is 7.33. The molecule has 6 nitrogen and oxygen atoms in total. The number of rotatable bonds is 5. The molecular weight excluding hydrogens is 310 g/mol. The second kappa shape index (κ2) is 6.70. The third-order valence-corrected chi connectivity index (χ3v) is 4.26. The van der Waals surface area contributed by atoms with E-state index in [-0.39, 0.29) is 5.91 Å². The van der Waals surface area contributed by atoms with Gasteiger partial charge in [-0.15, -0.1) is 11.3 Å². The number of hydrogen-bond acceptors (Lipinski definition) is 5. The van der Waals surface area contributed by atoms with Crippen molar-refractivity contribution in [1.29, 1.82) is 0 Å². The molecule has 0 aliphatic rings. The molecule has 0 saturated carbocycles. The van der Waals surface area contributed by atoms with E-state index in [1.807, 2.05) is 12.1 Å². The van der Waals surface area contributed by atoms with Gasteiger partial charge in [-0.25, -0.2) is 14.6 Å². The molecular formula is C16H17N5OS. The fourth-order valence-electron chi connectivity index (χ4n) is 2.18. The molecule has 0 bridgehead atoms. The third-order valence-electron chi connectivity index (χ3n) is 3.16. The zero-order valence-electron chi connectivity index (χ0n) is 12.9. The Labute approximate surface area is 138 Å². The van der Waals surface area contributed by atoms with E-state index in [1.165, 1.54) is 22.5 Å². The van der Waals surface area contributed by atoms with Crippen LogP contribution in [0, 0.1) is 5.92 Å². The van der Waals surface area contributed by atoms with Crippen molar-refractivity contribution in [3.8, 4) is 5.82 Å². The first-order valence-corrected chi connectivity index (χ1v) is 8.15. The normalized spacial score (nSPS) is 10.9. The van der Waals surface area contributed by atoms with Crippen LogP contribution in [-0.4, -0.2) is 25.7 Å². The molecule has 0 radical (unpaired) electrons. The Morgan fingerprint density at radius 2 is 2.26 bits per heavy atom. The zero-order chi connectivity index (χ0) is 16.2. The molecule has 118 valence electrons. The Morgan fingerprint density at radius 1 is 1.39 bits per heavy atom. The number of anilines is 1. The average Bonchev–Trinajstić information content (AvgIpc) is 3.18. The predicted molar refractivity (Wildman–Crippen MR) is 90.0 cm³/mol. The van der Waals surface area contributed by atoms with Crippen molar-refractivity contribution in [1.82, 2.24) is 19.7 Å². The van der Waals surface area contributed by atoms with Gasteiger partial charge in [0.1, 0.15) is 12.0 Å². The van der Waals surface area contributed by atoms with Gasteiger partial charge in [0.15, 0.2) is 5.82 Å². The van der Waals surface area contributed by atoms with Crippen molar-refractivity contribution >= 4 is 22.9 Å². The van der Waals surface area contributed by atoms with E-state index < -0.39 is 0 Å². The molecule has 3 aromatic rings. The summed E-state index contributed by atoms with van der Waals surface area (Å²) in [5.41, 5.74) is 0.528. The summed E-state index contributed by atoms with van der Waals surface area (Å²) in [6, 6.07) is 5.66. The number of nitrogens with zero attached hydrogens (tertiary/aromatic N) is 4. The molecule has 0 aromatic carbocycles. The number of nitrogens with one attached hydrogen (secondary N) is 1. The molecule has 1 N–H and O–H groups in total. The Hall–Kier alpha value is -2.54. The van der Waals surface area contributed by atoms with Gasteiger partial charge in [-0.1, -0.05) is 13.8 Å². The number of thiophene rings is 1. The first kappa shape index (κ1) is 15.4. The topological polar surface area (TPSA) is 72.7 Å². The Bertz CT molecular complexity index is 794. The number of aromatic nitrogens is 4. The molecule has 3 rings (SSSR count). The summed E-state index contributed by atoms with van der Waals surface area (Å²) in [5, 5.41) is 7.01. The fourth-order valence-corrected chi connectivity index (χ4v) is 3.30. The molecule has 0 aliphatic heterocycles. The molecule has 7 heteroatoms. The van der Waals surface area contributed by atoms with Gasteiger partial charge in [0, 0.05) is 17.3 Å². The summed E-state index contributed by atoms with van der Waals surface area (Å²) >= 11 is 1.52. The van der Waals surface area contributed by atoms with Crippen LogP contribution in [0.5, 0.6) is 0 Å². The smallest absolute Gasteiger partial charge is 0.265 e. The molecule has 0 atom stereocenters. The van der Waals surface area contributed by atoms with Crippen LogP contribution in [0.3, 0.4) is 0 Å². The highest BCUT2D eigenvalue weighted by molar-refractivity contribution is 7.14. The summed E-state index contributed by atoms with van der Waals surface area (Å²) in [6.07, 6.45) is 7.41. The van der Waals surface area contributed by atoms with Crippen LogP contribution in [-0.2, 0) is 6.42 Å². The SMILES string of the molecule is CC(C)Cc1ccc(C(=O)Nc2cncnc2-n2cccn2)s1. The minimum atomic E-state index is -0.159. The van der Waals surface area contributed by atoms with Crippen LogP contribution in [0.25, 0.3) is 5.82 Å². The molecule has 3 heterocycles. The highest BCUT2D eigenvalue weighted by Crippen LogP contribution is 2.22. The summed E-state index contributed by atoms with van der Waals surface area (Å²) in [4.78, 5) is 22.5. The fraction of sp³-hybridized carbons (Fsp3) is 0.250. The van der Waals surface area contributed by atoms with Crippen LogP contribution in [0.1, 0.15) is 28.4 Å². The van der Waals surface area contributed by atoms with E-state index >= 15 is 0 Å². The summed E-state index contributed by atoms with van der Waals surface area (Å²) in [5.74, 6) is 0.948. The quantitative estimate of drug-likeness (QED) is 0.781. The summed E-state index contributed by atoms with van der Waals surface area (Å²) in [7, 11) is 0. The molecule has 0 fully saturated rings. The van der Waals surface area contributed by atoms with Gasteiger partial charge < -0.3 is 5.32 Å². The maximum atomic E-state index is 12.4. The summed E-state index contributed by atoms with van der Waals surface area (Å²) < 4.78 is 1.59. The lowest BCUT2D eigenvalue weighted by Crippen LogP contribution is -2.14. The highest BCUT2D eigenvalue weighted by Gasteiger charge is 2.14.